The summed E-state index contributed by atoms with van der Waals surface area (Å²) in [6.45, 7) is 1.88. The van der Waals surface area contributed by atoms with E-state index in [-0.39, 0.29) is 30.9 Å². The van der Waals surface area contributed by atoms with Crippen molar-refractivity contribution in [3.8, 4) is 0 Å². The Labute approximate surface area is 124 Å². The van der Waals surface area contributed by atoms with Gasteiger partial charge in [0.15, 0.2) is 0 Å². The van der Waals surface area contributed by atoms with Crippen molar-refractivity contribution < 1.29 is 19.5 Å². The summed E-state index contributed by atoms with van der Waals surface area (Å²) in [5, 5.41) is 8.82. The fourth-order valence-corrected chi connectivity index (χ4v) is 2.95. The molecule has 2 fully saturated rings. The molecule has 2 aliphatic rings. The molecule has 0 aromatic rings. The van der Waals surface area contributed by atoms with Crippen LogP contribution in [0.4, 0.5) is 4.79 Å². The maximum Gasteiger partial charge on any atom is 0.320 e. The number of likely N-dealkylation sites (N-methyl/N-ethyl adjacent to an activating group) is 1. The van der Waals surface area contributed by atoms with E-state index in [0.29, 0.717) is 26.1 Å². The Balaban J connectivity index is 1.97. The summed E-state index contributed by atoms with van der Waals surface area (Å²) in [6, 6.07) is -0.136. The average molecular weight is 297 g/mol. The summed E-state index contributed by atoms with van der Waals surface area (Å²) in [4.78, 5) is 40.0. The van der Waals surface area contributed by atoms with Crippen molar-refractivity contribution in [3.63, 3.8) is 0 Å². The highest BCUT2D eigenvalue weighted by Gasteiger charge is 2.33. The first-order valence-corrected chi connectivity index (χ1v) is 7.50. The molecule has 2 heterocycles. The first-order chi connectivity index (χ1) is 9.99. The van der Waals surface area contributed by atoms with Crippen molar-refractivity contribution in [2.45, 2.75) is 38.1 Å². The summed E-state index contributed by atoms with van der Waals surface area (Å²) < 4.78 is 0. The smallest absolute Gasteiger partial charge is 0.320 e. The molecule has 0 saturated carbocycles. The van der Waals surface area contributed by atoms with Crippen molar-refractivity contribution >= 4 is 17.9 Å². The number of amides is 3. The molecule has 0 bridgehead atoms. The molecule has 7 heteroatoms. The Hall–Kier alpha value is -1.79. The Bertz CT molecular complexity index is 426. The number of rotatable bonds is 3. The maximum atomic E-state index is 12.6. The maximum absolute atomic E-state index is 12.6. The van der Waals surface area contributed by atoms with Crippen LogP contribution < -0.4 is 0 Å². The SMILES string of the molecule is CN1CCN(C(=O)N2CCCCC2CCC(=O)O)CC1=O. The Morgan fingerprint density at radius 1 is 1.24 bits per heavy atom. The average Bonchev–Trinajstić information content (AvgIpc) is 2.47. The minimum atomic E-state index is -0.831. The van der Waals surface area contributed by atoms with Gasteiger partial charge in [-0.05, 0) is 25.7 Å². The second-order valence-corrected chi connectivity index (χ2v) is 5.79. The lowest BCUT2D eigenvalue weighted by Gasteiger charge is -2.41. The topological polar surface area (TPSA) is 81.2 Å². The Morgan fingerprint density at radius 3 is 2.67 bits per heavy atom. The number of piperazine rings is 1. The fraction of sp³-hybridized carbons (Fsp3) is 0.786. The van der Waals surface area contributed by atoms with Crippen LogP contribution in [0.2, 0.25) is 0 Å². The molecule has 21 heavy (non-hydrogen) atoms. The number of carboxylic acids is 1. The van der Waals surface area contributed by atoms with Gasteiger partial charge >= 0.3 is 12.0 Å². The molecule has 2 aliphatic heterocycles. The molecular formula is C14H23N3O4. The highest BCUT2D eigenvalue weighted by atomic mass is 16.4. The predicted molar refractivity (Wildman–Crippen MR) is 75.8 cm³/mol. The lowest BCUT2D eigenvalue weighted by atomic mass is 9.98. The van der Waals surface area contributed by atoms with Gasteiger partial charge in [-0.25, -0.2) is 4.79 Å². The number of carbonyl (C=O) groups excluding carboxylic acids is 2. The standard InChI is InChI=1S/C14H23N3O4/c1-15-8-9-16(10-12(15)18)14(21)17-7-3-2-4-11(17)5-6-13(19)20/h11H,2-10H2,1H3,(H,19,20). The van der Waals surface area contributed by atoms with Crippen LogP contribution in [0.15, 0.2) is 0 Å². The van der Waals surface area contributed by atoms with Crippen LogP contribution in [-0.2, 0) is 9.59 Å². The Kier molecular flexibility index (Phi) is 5.03. The normalized spacial score (nSPS) is 23.4. The zero-order valence-corrected chi connectivity index (χ0v) is 12.5. The van der Waals surface area contributed by atoms with Crippen LogP contribution in [0, 0.1) is 0 Å². The molecule has 0 aliphatic carbocycles. The van der Waals surface area contributed by atoms with E-state index in [9.17, 15) is 14.4 Å². The molecule has 0 aromatic heterocycles. The number of urea groups is 1. The number of likely N-dealkylation sites (tertiary alicyclic amines) is 1. The third-order valence-electron chi connectivity index (χ3n) is 4.29. The third kappa shape index (κ3) is 3.86. The van der Waals surface area contributed by atoms with Gasteiger partial charge < -0.3 is 19.8 Å². The number of aliphatic carboxylic acids is 1. The van der Waals surface area contributed by atoms with Crippen molar-refractivity contribution in [1.29, 1.82) is 0 Å². The fourth-order valence-electron chi connectivity index (χ4n) is 2.95. The molecular weight excluding hydrogens is 274 g/mol. The van der Waals surface area contributed by atoms with Gasteiger partial charge in [-0.1, -0.05) is 0 Å². The van der Waals surface area contributed by atoms with Crippen LogP contribution in [0.3, 0.4) is 0 Å². The lowest BCUT2D eigenvalue weighted by Crippen LogP contribution is -2.57. The minimum absolute atomic E-state index is 0.0166. The second-order valence-electron chi connectivity index (χ2n) is 5.79. The molecule has 7 nitrogen and oxygen atoms in total. The molecule has 118 valence electrons. The monoisotopic (exact) mass is 297 g/mol. The quantitative estimate of drug-likeness (QED) is 0.827. The highest BCUT2D eigenvalue weighted by molar-refractivity contribution is 5.85. The molecule has 3 amide bonds. The Morgan fingerprint density at radius 2 is 2.00 bits per heavy atom. The van der Waals surface area contributed by atoms with Gasteiger partial charge in [-0.3, -0.25) is 9.59 Å². The number of carbonyl (C=O) groups is 3. The summed E-state index contributed by atoms with van der Waals surface area (Å²) in [5.41, 5.74) is 0. The third-order valence-corrected chi connectivity index (χ3v) is 4.29. The summed E-state index contributed by atoms with van der Waals surface area (Å²) in [5.74, 6) is -0.878. The van der Waals surface area contributed by atoms with Gasteiger partial charge in [0.1, 0.15) is 6.54 Å². The molecule has 0 aromatic carbocycles. The predicted octanol–water partition coefficient (Wildman–Crippen LogP) is 0.600. The molecule has 1 atom stereocenters. The van der Waals surface area contributed by atoms with Gasteiger partial charge in [0.05, 0.1) is 0 Å². The first kappa shape index (κ1) is 15.6. The van der Waals surface area contributed by atoms with E-state index in [1.807, 2.05) is 0 Å². The number of carboxylic acid groups (broad SMARTS) is 1. The molecule has 0 radical (unpaired) electrons. The van der Waals surface area contributed by atoms with Crippen molar-refractivity contribution in [1.82, 2.24) is 14.7 Å². The number of nitrogens with zero attached hydrogens (tertiary/aromatic N) is 3. The molecule has 0 spiro atoms. The molecule has 2 rings (SSSR count). The van der Waals surface area contributed by atoms with E-state index in [1.165, 1.54) is 0 Å². The van der Waals surface area contributed by atoms with Gasteiger partial charge in [-0.2, -0.15) is 0 Å². The molecule has 2 saturated heterocycles. The van der Waals surface area contributed by atoms with Crippen molar-refractivity contribution in [2.75, 3.05) is 33.2 Å². The number of piperidine rings is 1. The van der Waals surface area contributed by atoms with Crippen LogP contribution in [0.25, 0.3) is 0 Å². The van der Waals surface area contributed by atoms with Crippen LogP contribution in [-0.4, -0.2) is 77.0 Å². The van der Waals surface area contributed by atoms with Gasteiger partial charge in [0, 0.05) is 39.1 Å². The van der Waals surface area contributed by atoms with E-state index in [0.717, 1.165) is 19.3 Å². The zero-order chi connectivity index (χ0) is 15.4. The zero-order valence-electron chi connectivity index (χ0n) is 12.5. The van der Waals surface area contributed by atoms with Gasteiger partial charge in [0.25, 0.3) is 0 Å². The van der Waals surface area contributed by atoms with E-state index in [2.05, 4.69) is 0 Å². The van der Waals surface area contributed by atoms with Crippen LogP contribution in [0.1, 0.15) is 32.1 Å². The summed E-state index contributed by atoms with van der Waals surface area (Å²) in [6.07, 6.45) is 3.38. The van der Waals surface area contributed by atoms with E-state index >= 15 is 0 Å². The largest absolute Gasteiger partial charge is 0.481 e. The summed E-state index contributed by atoms with van der Waals surface area (Å²) in [7, 11) is 1.74. The number of hydrogen-bond acceptors (Lipinski definition) is 3. The lowest BCUT2D eigenvalue weighted by molar-refractivity contribution is -0.137. The van der Waals surface area contributed by atoms with Gasteiger partial charge in [-0.15, -0.1) is 0 Å². The first-order valence-electron chi connectivity index (χ1n) is 7.50. The molecule has 1 N–H and O–H groups in total. The van der Waals surface area contributed by atoms with E-state index in [4.69, 9.17) is 5.11 Å². The molecule has 1 unspecified atom stereocenters. The van der Waals surface area contributed by atoms with Crippen LogP contribution in [0.5, 0.6) is 0 Å². The minimum Gasteiger partial charge on any atom is -0.481 e. The van der Waals surface area contributed by atoms with Crippen molar-refractivity contribution in [3.05, 3.63) is 0 Å². The van der Waals surface area contributed by atoms with Gasteiger partial charge in [0.2, 0.25) is 5.91 Å². The van der Waals surface area contributed by atoms with Crippen molar-refractivity contribution in [2.24, 2.45) is 0 Å². The highest BCUT2D eigenvalue weighted by Crippen LogP contribution is 2.22. The van der Waals surface area contributed by atoms with E-state index < -0.39 is 5.97 Å². The van der Waals surface area contributed by atoms with Crippen LogP contribution >= 0.6 is 0 Å². The van der Waals surface area contributed by atoms with E-state index in [1.54, 1.807) is 21.7 Å². The number of hydrogen-bond donors (Lipinski definition) is 1. The summed E-state index contributed by atoms with van der Waals surface area (Å²) >= 11 is 0. The second kappa shape index (κ2) is 6.78.